The first-order valence-electron chi connectivity index (χ1n) is 5.40. The monoisotopic (exact) mass is 241 g/mol. The summed E-state index contributed by atoms with van der Waals surface area (Å²) < 4.78 is 0. The number of fused-ring (bicyclic) bond motifs is 1. The number of nitrogens with zero attached hydrogens (tertiary/aromatic N) is 3. The van der Waals surface area contributed by atoms with Crippen LogP contribution >= 0.6 is 0 Å². The summed E-state index contributed by atoms with van der Waals surface area (Å²) in [5.41, 5.74) is 6.55. The van der Waals surface area contributed by atoms with Crippen LogP contribution in [0.25, 0.3) is 10.9 Å². The molecule has 2 rings (SSSR count). The number of nitriles is 1. The first-order chi connectivity index (χ1) is 8.72. The van der Waals surface area contributed by atoms with Crippen molar-refractivity contribution in [2.45, 2.75) is 6.42 Å². The Hall–Kier alpha value is -2.68. The Kier molecular flexibility index (Phi) is 3.34. The normalized spacial score (nSPS) is 9.94. The second kappa shape index (κ2) is 5.10. The summed E-state index contributed by atoms with van der Waals surface area (Å²) in [6, 6.07) is 9.32. The number of hydrogen-bond acceptors (Lipinski definition) is 5. The van der Waals surface area contributed by atoms with Crippen molar-refractivity contribution < 1.29 is 4.79 Å². The van der Waals surface area contributed by atoms with Gasteiger partial charge in [0.25, 0.3) is 0 Å². The number of rotatable bonds is 4. The molecule has 0 fully saturated rings. The largest absolute Gasteiger partial charge is 0.382 e. The average molecular weight is 241 g/mol. The third-order valence-electron chi connectivity index (χ3n) is 2.45. The fourth-order valence-electron chi connectivity index (χ4n) is 1.62. The lowest BCUT2D eigenvalue weighted by molar-refractivity contribution is -0.117. The minimum Gasteiger partial charge on any atom is -0.382 e. The molecule has 0 unspecified atom stereocenters. The Labute approximate surface area is 103 Å². The van der Waals surface area contributed by atoms with Gasteiger partial charge in [0, 0.05) is 18.4 Å². The summed E-state index contributed by atoms with van der Waals surface area (Å²) in [4.78, 5) is 10.7. The lowest BCUT2D eigenvalue weighted by Crippen LogP contribution is -2.16. The van der Waals surface area contributed by atoms with Crippen LogP contribution in [0.1, 0.15) is 12.1 Å². The van der Waals surface area contributed by atoms with E-state index >= 15 is 0 Å². The molecule has 6 nitrogen and oxygen atoms in total. The highest BCUT2D eigenvalue weighted by Crippen LogP contribution is 2.23. The first kappa shape index (κ1) is 11.8. The second-order valence-corrected chi connectivity index (χ2v) is 3.70. The van der Waals surface area contributed by atoms with Gasteiger partial charge in [-0.3, -0.25) is 4.79 Å². The van der Waals surface area contributed by atoms with Gasteiger partial charge in [-0.2, -0.15) is 5.26 Å². The Balaban J connectivity index is 2.39. The molecular weight excluding hydrogens is 230 g/mol. The van der Waals surface area contributed by atoms with E-state index < -0.39 is 5.91 Å². The number of benzene rings is 1. The van der Waals surface area contributed by atoms with Crippen molar-refractivity contribution >= 4 is 22.5 Å². The molecule has 90 valence electrons. The van der Waals surface area contributed by atoms with Gasteiger partial charge in [-0.25, -0.2) is 0 Å². The van der Waals surface area contributed by atoms with E-state index in [4.69, 9.17) is 11.0 Å². The molecule has 0 saturated heterocycles. The molecule has 1 amide bonds. The molecular formula is C12H11N5O. The SMILES string of the molecule is N#Cc1nnc2ccccc2c1NCCC(N)=O. The van der Waals surface area contributed by atoms with Gasteiger partial charge in [-0.05, 0) is 6.07 Å². The lowest BCUT2D eigenvalue weighted by atomic mass is 10.1. The summed E-state index contributed by atoms with van der Waals surface area (Å²) in [6.07, 6.45) is 0.196. The lowest BCUT2D eigenvalue weighted by Gasteiger charge is -2.09. The zero-order valence-corrected chi connectivity index (χ0v) is 9.55. The molecule has 6 heteroatoms. The van der Waals surface area contributed by atoms with E-state index in [1.165, 1.54) is 0 Å². The molecule has 0 aliphatic carbocycles. The van der Waals surface area contributed by atoms with Crippen LogP contribution in [0, 0.1) is 11.3 Å². The molecule has 1 aromatic carbocycles. The van der Waals surface area contributed by atoms with E-state index in [1.807, 2.05) is 30.3 Å². The van der Waals surface area contributed by atoms with Crippen LogP contribution in [0.5, 0.6) is 0 Å². The van der Waals surface area contributed by atoms with Gasteiger partial charge in [0.15, 0.2) is 5.69 Å². The smallest absolute Gasteiger partial charge is 0.219 e. The van der Waals surface area contributed by atoms with E-state index in [0.29, 0.717) is 17.7 Å². The van der Waals surface area contributed by atoms with Gasteiger partial charge in [0.05, 0.1) is 11.2 Å². The number of carbonyl (C=O) groups excluding carboxylic acids is 1. The molecule has 1 aromatic heterocycles. The zero-order chi connectivity index (χ0) is 13.0. The number of anilines is 1. The third kappa shape index (κ3) is 2.35. The molecule has 2 aromatic rings. The minimum atomic E-state index is -0.396. The predicted molar refractivity (Wildman–Crippen MR) is 66.6 cm³/mol. The highest BCUT2D eigenvalue weighted by Gasteiger charge is 2.09. The minimum absolute atomic E-state index is 0.196. The summed E-state index contributed by atoms with van der Waals surface area (Å²) >= 11 is 0. The van der Waals surface area contributed by atoms with Crippen molar-refractivity contribution in [1.29, 1.82) is 5.26 Å². The summed E-state index contributed by atoms with van der Waals surface area (Å²) in [7, 11) is 0. The molecule has 0 aliphatic heterocycles. The van der Waals surface area contributed by atoms with Crippen LogP contribution in [0.15, 0.2) is 24.3 Å². The topological polar surface area (TPSA) is 105 Å². The Morgan fingerprint density at radius 1 is 1.39 bits per heavy atom. The number of carbonyl (C=O) groups is 1. The molecule has 0 atom stereocenters. The molecule has 3 N–H and O–H groups in total. The van der Waals surface area contributed by atoms with Crippen LogP contribution in [0.3, 0.4) is 0 Å². The van der Waals surface area contributed by atoms with E-state index in [0.717, 1.165) is 5.39 Å². The van der Waals surface area contributed by atoms with Gasteiger partial charge < -0.3 is 11.1 Å². The van der Waals surface area contributed by atoms with Gasteiger partial charge in [-0.1, -0.05) is 18.2 Å². The van der Waals surface area contributed by atoms with Crippen molar-refractivity contribution in [2.75, 3.05) is 11.9 Å². The number of amides is 1. The summed E-state index contributed by atoms with van der Waals surface area (Å²) in [5.74, 6) is -0.396. The van der Waals surface area contributed by atoms with Gasteiger partial charge in [0.2, 0.25) is 5.91 Å². The van der Waals surface area contributed by atoms with Crippen LogP contribution in [0.2, 0.25) is 0 Å². The molecule has 0 saturated carbocycles. The highest BCUT2D eigenvalue weighted by atomic mass is 16.1. The van der Waals surface area contributed by atoms with Crippen LogP contribution in [-0.4, -0.2) is 22.6 Å². The Morgan fingerprint density at radius 2 is 2.17 bits per heavy atom. The molecule has 0 spiro atoms. The number of aromatic nitrogens is 2. The maximum Gasteiger partial charge on any atom is 0.219 e. The van der Waals surface area contributed by atoms with Crippen LogP contribution in [0.4, 0.5) is 5.69 Å². The quantitative estimate of drug-likeness (QED) is 0.823. The van der Waals surface area contributed by atoms with Crippen molar-refractivity contribution in [3.05, 3.63) is 30.0 Å². The van der Waals surface area contributed by atoms with Gasteiger partial charge in [0.1, 0.15) is 6.07 Å². The maximum atomic E-state index is 10.7. The van der Waals surface area contributed by atoms with Crippen molar-refractivity contribution in [3.63, 3.8) is 0 Å². The summed E-state index contributed by atoms with van der Waals surface area (Å²) in [5, 5.41) is 20.6. The van der Waals surface area contributed by atoms with Gasteiger partial charge >= 0.3 is 0 Å². The average Bonchev–Trinajstić information content (AvgIpc) is 2.38. The predicted octanol–water partition coefficient (Wildman–Crippen LogP) is 0.789. The Morgan fingerprint density at radius 3 is 2.89 bits per heavy atom. The molecule has 1 heterocycles. The highest BCUT2D eigenvalue weighted by molar-refractivity contribution is 5.92. The number of primary amides is 1. The van der Waals surface area contributed by atoms with Crippen molar-refractivity contribution in [2.24, 2.45) is 5.73 Å². The van der Waals surface area contributed by atoms with E-state index in [2.05, 4.69) is 15.5 Å². The number of hydrogen-bond donors (Lipinski definition) is 2. The van der Waals surface area contributed by atoms with Crippen LogP contribution < -0.4 is 11.1 Å². The number of nitrogens with two attached hydrogens (primary N) is 1. The maximum absolute atomic E-state index is 10.7. The number of nitrogens with one attached hydrogen (secondary N) is 1. The summed E-state index contributed by atoms with van der Waals surface area (Å²) in [6.45, 7) is 0.361. The van der Waals surface area contributed by atoms with E-state index in [-0.39, 0.29) is 12.1 Å². The molecule has 18 heavy (non-hydrogen) atoms. The third-order valence-corrected chi connectivity index (χ3v) is 2.45. The second-order valence-electron chi connectivity index (χ2n) is 3.70. The fourth-order valence-corrected chi connectivity index (χ4v) is 1.62. The van der Waals surface area contributed by atoms with Crippen molar-refractivity contribution in [3.8, 4) is 6.07 Å². The molecule has 0 radical (unpaired) electrons. The zero-order valence-electron chi connectivity index (χ0n) is 9.55. The van der Waals surface area contributed by atoms with E-state index in [9.17, 15) is 4.79 Å². The Bertz CT molecular complexity index is 632. The molecule has 0 bridgehead atoms. The molecule has 0 aliphatic rings. The van der Waals surface area contributed by atoms with Gasteiger partial charge in [-0.15, -0.1) is 10.2 Å². The van der Waals surface area contributed by atoms with E-state index in [1.54, 1.807) is 0 Å². The fraction of sp³-hybridized carbons (Fsp3) is 0.167. The van der Waals surface area contributed by atoms with Crippen LogP contribution in [-0.2, 0) is 4.79 Å². The van der Waals surface area contributed by atoms with Crippen molar-refractivity contribution in [1.82, 2.24) is 10.2 Å². The first-order valence-corrected chi connectivity index (χ1v) is 5.40. The standard InChI is InChI=1S/C12H11N5O/c13-7-10-12(15-6-5-11(14)18)8-3-1-2-4-9(8)16-17-10/h1-4H,5-6H2,(H2,14,18)(H,15,16).